The van der Waals surface area contributed by atoms with Crippen molar-refractivity contribution in [3.8, 4) is 0 Å². The van der Waals surface area contributed by atoms with Crippen LogP contribution in [-0.4, -0.2) is 34.6 Å². The van der Waals surface area contributed by atoms with Crippen LogP contribution < -0.4 is 5.73 Å². The molecule has 16 heavy (non-hydrogen) atoms. The fourth-order valence-corrected chi connectivity index (χ4v) is 2.29. The summed E-state index contributed by atoms with van der Waals surface area (Å²) < 4.78 is 5.28. The van der Waals surface area contributed by atoms with Crippen LogP contribution in [0.5, 0.6) is 0 Å². The third-order valence-corrected chi connectivity index (χ3v) is 3.04. The van der Waals surface area contributed by atoms with Crippen molar-refractivity contribution in [2.24, 2.45) is 11.7 Å². The number of hydrogen-bond acceptors (Lipinski definition) is 3. The number of amides is 2. The summed E-state index contributed by atoms with van der Waals surface area (Å²) >= 11 is 0. The van der Waals surface area contributed by atoms with Crippen molar-refractivity contribution in [2.45, 2.75) is 51.3 Å². The van der Waals surface area contributed by atoms with Gasteiger partial charge in [0.1, 0.15) is 11.6 Å². The van der Waals surface area contributed by atoms with Crippen molar-refractivity contribution in [3.05, 3.63) is 0 Å². The summed E-state index contributed by atoms with van der Waals surface area (Å²) in [4.78, 5) is 24.7. The molecule has 0 bridgehead atoms. The van der Waals surface area contributed by atoms with E-state index in [0.29, 0.717) is 12.3 Å². The van der Waals surface area contributed by atoms with Crippen molar-refractivity contribution in [2.75, 3.05) is 0 Å². The van der Waals surface area contributed by atoms with E-state index in [1.54, 1.807) is 0 Å². The van der Waals surface area contributed by atoms with Crippen LogP contribution in [0, 0.1) is 5.92 Å². The van der Waals surface area contributed by atoms with Crippen molar-refractivity contribution in [1.82, 2.24) is 4.90 Å². The van der Waals surface area contributed by atoms with E-state index in [9.17, 15) is 9.59 Å². The third kappa shape index (κ3) is 1.99. The molecular weight excluding hydrogens is 208 g/mol. The number of ether oxygens (including phenoxy) is 1. The summed E-state index contributed by atoms with van der Waals surface area (Å²) in [6, 6.07) is -0.300. The average Bonchev–Trinajstić information content (AvgIpc) is 2.73. The van der Waals surface area contributed by atoms with E-state index < -0.39 is 23.6 Å². The van der Waals surface area contributed by atoms with Gasteiger partial charge in [-0.3, -0.25) is 9.69 Å². The number of primary amides is 1. The molecule has 1 aliphatic carbocycles. The molecule has 2 rings (SSSR count). The van der Waals surface area contributed by atoms with Crippen LogP contribution in [0.4, 0.5) is 4.79 Å². The summed E-state index contributed by atoms with van der Waals surface area (Å²) in [6.45, 7) is 5.43. The number of rotatable bonds is 1. The monoisotopic (exact) mass is 226 g/mol. The molecule has 0 aromatic rings. The van der Waals surface area contributed by atoms with Gasteiger partial charge in [-0.15, -0.1) is 0 Å². The first-order valence-corrected chi connectivity index (χ1v) is 5.60. The lowest BCUT2D eigenvalue weighted by Gasteiger charge is -2.28. The minimum absolute atomic E-state index is 0.173. The van der Waals surface area contributed by atoms with Crippen molar-refractivity contribution < 1.29 is 14.3 Å². The van der Waals surface area contributed by atoms with Crippen LogP contribution in [0.2, 0.25) is 0 Å². The van der Waals surface area contributed by atoms with Gasteiger partial charge in [0.25, 0.3) is 0 Å². The van der Waals surface area contributed by atoms with Gasteiger partial charge in [0.05, 0.1) is 0 Å². The molecule has 2 aliphatic rings. The Hall–Kier alpha value is -1.26. The predicted molar refractivity (Wildman–Crippen MR) is 57.6 cm³/mol. The fourth-order valence-electron chi connectivity index (χ4n) is 2.29. The highest BCUT2D eigenvalue weighted by Gasteiger charge is 2.56. The first-order chi connectivity index (χ1) is 7.29. The molecule has 0 aromatic carbocycles. The van der Waals surface area contributed by atoms with Gasteiger partial charge in [0.15, 0.2) is 0 Å². The van der Waals surface area contributed by atoms with Crippen LogP contribution in [0.25, 0.3) is 0 Å². The largest absolute Gasteiger partial charge is 0.444 e. The first kappa shape index (κ1) is 11.2. The van der Waals surface area contributed by atoms with Crippen LogP contribution in [-0.2, 0) is 9.53 Å². The summed E-state index contributed by atoms with van der Waals surface area (Å²) in [5.74, 6) is 0.0167. The molecule has 3 atom stereocenters. The maximum Gasteiger partial charge on any atom is 0.411 e. The Morgan fingerprint density at radius 3 is 2.44 bits per heavy atom. The van der Waals surface area contributed by atoms with Gasteiger partial charge >= 0.3 is 6.09 Å². The zero-order chi connectivity index (χ0) is 12.1. The lowest BCUT2D eigenvalue weighted by atomic mass is 10.1. The molecule has 1 saturated carbocycles. The molecular formula is C11H18N2O3. The molecule has 2 amide bonds. The van der Waals surface area contributed by atoms with Gasteiger partial charge < -0.3 is 10.5 Å². The molecule has 5 nitrogen and oxygen atoms in total. The van der Waals surface area contributed by atoms with Gasteiger partial charge in [-0.25, -0.2) is 4.79 Å². The maximum atomic E-state index is 11.9. The van der Waals surface area contributed by atoms with E-state index in [0.717, 1.165) is 6.42 Å². The SMILES string of the molecule is CC(C)(C)OC(=O)N1[C@H](C(N)=O)C[C@@H]2C[C@@H]21. The number of carbonyl (C=O) groups excluding carboxylic acids is 2. The highest BCUT2D eigenvalue weighted by Crippen LogP contribution is 2.48. The molecule has 1 aliphatic heterocycles. The standard InChI is InChI=1S/C11H18N2O3/c1-11(2,3)16-10(15)13-7-4-6(7)5-8(13)9(12)14/h6-8H,4-5H2,1-3H3,(H2,12,14)/t6-,7-,8-/m0/s1. The third-order valence-electron chi connectivity index (χ3n) is 3.04. The molecule has 1 saturated heterocycles. The van der Waals surface area contributed by atoms with Crippen molar-refractivity contribution in [1.29, 1.82) is 0 Å². The molecule has 0 radical (unpaired) electrons. The predicted octanol–water partition coefficient (Wildman–Crippen LogP) is 0.870. The molecule has 0 aromatic heterocycles. The number of likely N-dealkylation sites (tertiary alicyclic amines) is 1. The number of carbonyl (C=O) groups is 2. The van der Waals surface area contributed by atoms with E-state index in [2.05, 4.69) is 0 Å². The second-order valence-corrected chi connectivity index (χ2v) is 5.60. The second-order valence-electron chi connectivity index (χ2n) is 5.60. The molecule has 5 heteroatoms. The van der Waals surface area contributed by atoms with Crippen LogP contribution in [0.15, 0.2) is 0 Å². The number of nitrogens with two attached hydrogens (primary N) is 1. The normalized spacial score (nSPS) is 32.2. The highest BCUT2D eigenvalue weighted by molar-refractivity contribution is 5.85. The molecule has 90 valence electrons. The minimum Gasteiger partial charge on any atom is -0.444 e. The Kier molecular flexibility index (Phi) is 2.36. The van der Waals surface area contributed by atoms with Gasteiger partial charge in [0.2, 0.25) is 5.91 Å². The van der Waals surface area contributed by atoms with Gasteiger partial charge in [-0.1, -0.05) is 0 Å². The summed E-state index contributed by atoms with van der Waals surface area (Å²) in [7, 11) is 0. The highest BCUT2D eigenvalue weighted by atomic mass is 16.6. The summed E-state index contributed by atoms with van der Waals surface area (Å²) in [6.07, 6.45) is 1.25. The minimum atomic E-state index is -0.535. The Labute approximate surface area is 94.9 Å². The number of fused-ring (bicyclic) bond motifs is 1. The van der Waals surface area contributed by atoms with Gasteiger partial charge in [-0.05, 0) is 39.5 Å². The van der Waals surface area contributed by atoms with Crippen LogP contribution >= 0.6 is 0 Å². The van der Waals surface area contributed by atoms with Gasteiger partial charge in [0, 0.05) is 6.04 Å². The lowest BCUT2D eigenvalue weighted by molar-refractivity contribution is -0.122. The summed E-state index contributed by atoms with van der Waals surface area (Å²) in [5, 5.41) is 0. The van der Waals surface area contributed by atoms with Gasteiger partial charge in [-0.2, -0.15) is 0 Å². The van der Waals surface area contributed by atoms with Crippen LogP contribution in [0.1, 0.15) is 33.6 Å². The summed E-state index contributed by atoms with van der Waals surface area (Å²) in [5.41, 5.74) is 4.75. The second kappa shape index (κ2) is 3.37. The maximum absolute atomic E-state index is 11.9. The van der Waals surface area contributed by atoms with E-state index >= 15 is 0 Å². The average molecular weight is 226 g/mol. The van der Waals surface area contributed by atoms with Crippen LogP contribution in [0.3, 0.4) is 0 Å². The topological polar surface area (TPSA) is 72.6 Å². The van der Waals surface area contributed by atoms with Crippen molar-refractivity contribution >= 4 is 12.0 Å². The van der Waals surface area contributed by atoms with Crippen molar-refractivity contribution in [3.63, 3.8) is 0 Å². The zero-order valence-corrected chi connectivity index (χ0v) is 9.90. The number of hydrogen-bond donors (Lipinski definition) is 1. The molecule has 0 spiro atoms. The fraction of sp³-hybridized carbons (Fsp3) is 0.818. The van der Waals surface area contributed by atoms with E-state index in [1.807, 2.05) is 20.8 Å². The van der Waals surface area contributed by atoms with E-state index in [1.165, 1.54) is 4.90 Å². The molecule has 1 heterocycles. The Balaban J connectivity index is 2.07. The number of nitrogens with zero attached hydrogens (tertiary/aromatic N) is 1. The molecule has 2 N–H and O–H groups in total. The lowest BCUT2D eigenvalue weighted by Crippen LogP contribution is -2.47. The number of piperidine rings is 1. The molecule has 0 unspecified atom stereocenters. The Bertz CT molecular complexity index is 335. The van der Waals surface area contributed by atoms with E-state index in [4.69, 9.17) is 10.5 Å². The Morgan fingerprint density at radius 2 is 1.94 bits per heavy atom. The first-order valence-electron chi connectivity index (χ1n) is 5.60. The van der Waals surface area contributed by atoms with E-state index in [-0.39, 0.29) is 6.04 Å². The quantitative estimate of drug-likeness (QED) is 0.721. The zero-order valence-electron chi connectivity index (χ0n) is 9.90. The molecule has 2 fully saturated rings. The Morgan fingerprint density at radius 1 is 1.31 bits per heavy atom. The smallest absolute Gasteiger partial charge is 0.411 e.